The van der Waals surface area contributed by atoms with Crippen LogP contribution in [-0.2, 0) is 6.42 Å². The molecule has 3 N–H and O–H groups in total. The van der Waals surface area contributed by atoms with Crippen molar-refractivity contribution in [3.63, 3.8) is 0 Å². The number of hydrogen-bond acceptors (Lipinski definition) is 4. The fourth-order valence-corrected chi connectivity index (χ4v) is 2.64. The molecule has 0 fully saturated rings. The van der Waals surface area contributed by atoms with Crippen molar-refractivity contribution in [1.29, 1.82) is 0 Å². The van der Waals surface area contributed by atoms with E-state index in [1.807, 2.05) is 0 Å². The monoisotopic (exact) mass is 316 g/mol. The van der Waals surface area contributed by atoms with E-state index in [4.69, 9.17) is 11.6 Å². The summed E-state index contributed by atoms with van der Waals surface area (Å²) in [5.41, 5.74) is 4.96. The summed E-state index contributed by atoms with van der Waals surface area (Å²) < 4.78 is 0. The first-order valence-electron chi connectivity index (χ1n) is 6.73. The third-order valence-corrected chi connectivity index (χ3v) is 3.80. The maximum absolute atomic E-state index is 12.0. The van der Waals surface area contributed by atoms with Gasteiger partial charge in [-0.25, -0.2) is 5.43 Å². The third kappa shape index (κ3) is 2.63. The second-order valence-corrected chi connectivity index (χ2v) is 5.41. The predicted octanol–water partition coefficient (Wildman–Crippen LogP) is 2.83. The van der Waals surface area contributed by atoms with Crippen LogP contribution >= 0.6 is 11.6 Å². The van der Waals surface area contributed by atoms with Crippen LogP contribution < -0.4 is 5.43 Å². The van der Waals surface area contributed by atoms with Crippen molar-refractivity contribution < 1.29 is 15.0 Å². The molecule has 0 aliphatic heterocycles. The van der Waals surface area contributed by atoms with E-state index in [-0.39, 0.29) is 17.4 Å². The van der Waals surface area contributed by atoms with Gasteiger partial charge in [-0.1, -0.05) is 17.7 Å². The highest BCUT2D eigenvalue weighted by molar-refractivity contribution is 6.31. The molecule has 1 aliphatic carbocycles. The molecule has 2 aromatic carbocycles. The summed E-state index contributed by atoms with van der Waals surface area (Å²) in [7, 11) is 0. The Hall–Kier alpha value is -2.53. The number of carbonyl (C=O) groups excluding carboxylic acids is 1. The van der Waals surface area contributed by atoms with E-state index >= 15 is 0 Å². The summed E-state index contributed by atoms with van der Waals surface area (Å²) in [6.07, 6.45) is 1.16. The fourth-order valence-electron chi connectivity index (χ4n) is 2.45. The minimum Gasteiger partial charge on any atom is -0.504 e. The van der Waals surface area contributed by atoms with Gasteiger partial charge in [0.1, 0.15) is 0 Å². The molecule has 5 nitrogen and oxygen atoms in total. The second-order valence-electron chi connectivity index (χ2n) is 4.97. The van der Waals surface area contributed by atoms with E-state index in [2.05, 4.69) is 10.5 Å². The average molecular weight is 317 g/mol. The first kappa shape index (κ1) is 14.4. The van der Waals surface area contributed by atoms with E-state index < -0.39 is 0 Å². The molecule has 0 spiro atoms. The van der Waals surface area contributed by atoms with Crippen LogP contribution in [-0.4, -0.2) is 21.8 Å². The number of amides is 1. The van der Waals surface area contributed by atoms with Crippen molar-refractivity contribution >= 4 is 23.2 Å². The Kier molecular flexibility index (Phi) is 3.73. The quantitative estimate of drug-likeness (QED) is 0.588. The number of carbonyl (C=O) groups is 1. The normalized spacial score (nSPS) is 14.9. The number of hydrogen-bond donors (Lipinski definition) is 3. The van der Waals surface area contributed by atoms with Crippen molar-refractivity contribution in [1.82, 2.24) is 5.43 Å². The number of phenols is 2. The van der Waals surface area contributed by atoms with Crippen molar-refractivity contribution in [3.05, 3.63) is 58.1 Å². The maximum atomic E-state index is 12.0. The number of rotatable bonds is 2. The van der Waals surface area contributed by atoms with Crippen molar-refractivity contribution in [2.75, 3.05) is 0 Å². The predicted molar refractivity (Wildman–Crippen MR) is 83.5 cm³/mol. The van der Waals surface area contributed by atoms with Gasteiger partial charge in [0.05, 0.1) is 5.71 Å². The lowest BCUT2D eigenvalue weighted by Gasteiger charge is -2.05. The summed E-state index contributed by atoms with van der Waals surface area (Å²) in [5.74, 6) is -0.627. The maximum Gasteiger partial charge on any atom is 0.271 e. The number of halogens is 1. The Bertz CT molecular complexity index is 787. The average Bonchev–Trinajstić information content (AvgIpc) is 2.92. The van der Waals surface area contributed by atoms with Crippen LogP contribution in [0.15, 0.2) is 41.5 Å². The Morgan fingerprint density at radius 1 is 1.18 bits per heavy atom. The molecule has 0 bridgehead atoms. The number of nitrogens with zero attached hydrogens (tertiary/aromatic N) is 1. The summed E-state index contributed by atoms with van der Waals surface area (Å²) in [4.78, 5) is 12.0. The van der Waals surface area contributed by atoms with Crippen LogP contribution in [0.5, 0.6) is 11.5 Å². The van der Waals surface area contributed by atoms with E-state index in [9.17, 15) is 15.0 Å². The third-order valence-electron chi connectivity index (χ3n) is 3.56. The molecule has 3 rings (SSSR count). The number of nitrogens with one attached hydrogen (secondary N) is 1. The van der Waals surface area contributed by atoms with Gasteiger partial charge in [0, 0.05) is 21.7 Å². The molecule has 0 saturated heterocycles. The lowest BCUT2D eigenvalue weighted by Crippen LogP contribution is -2.19. The van der Waals surface area contributed by atoms with Crippen LogP contribution in [0.4, 0.5) is 0 Å². The number of hydrazone groups is 1. The standard InChI is InChI=1S/C16H13ClN2O3/c17-10-3-1-2-9(8-10)16(22)19-18-13-6-4-12-11(13)5-7-14(20)15(12)21/h1-3,5,7-8,20-21H,4,6H2,(H,19,22)/b18-13-. The van der Waals surface area contributed by atoms with Crippen LogP contribution in [0, 0.1) is 0 Å². The summed E-state index contributed by atoms with van der Waals surface area (Å²) in [5, 5.41) is 23.9. The minimum absolute atomic E-state index is 0.121. The van der Waals surface area contributed by atoms with E-state index in [0.29, 0.717) is 34.7 Å². The van der Waals surface area contributed by atoms with Crippen molar-refractivity contribution in [2.24, 2.45) is 5.10 Å². The van der Waals surface area contributed by atoms with Crippen LogP contribution in [0.25, 0.3) is 0 Å². The summed E-state index contributed by atoms with van der Waals surface area (Å²) >= 11 is 5.85. The fraction of sp³-hybridized carbons (Fsp3) is 0.125. The summed E-state index contributed by atoms with van der Waals surface area (Å²) in [6, 6.07) is 9.68. The molecule has 0 unspecified atom stereocenters. The molecule has 1 amide bonds. The lowest BCUT2D eigenvalue weighted by atomic mass is 10.1. The summed E-state index contributed by atoms with van der Waals surface area (Å²) in [6.45, 7) is 0. The van der Waals surface area contributed by atoms with Crippen LogP contribution in [0.3, 0.4) is 0 Å². The Morgan fingerprint density at radius 2 is 2.00 bits per heavy atom. The van der Waals surface area contributed by atoms with Gasteiger partial charge >= 0.3 is 0 Å². The topological polar surface area (TPSA) is 81.9 Å². The Balaban J connectivity index is 1.81. The van der Waals surface area contributed by atoms with E-state index in [1.165, 1.54) is 6.07 Å². The zero-order valence-electron chi connectivity index (χ0n) is 11.5. The van der Waals surface area contributed by atoms with Gasteiger partial charge in [-0.2, -0.15) is 5.10 Å². The number of fused-ring (bicyclic) bond motifs is 1. The molecule has 1 aliphatic rings. The molecule has 0 atom stereocenters. The SMILES string of the molecule is O=C(N/N=C1/CCc2c1ccc(O)c2O)c1cccc(Cl)c1. The molecule has 6 heteroatoms. The molecule has 2 aromatic rings. The minimum atomic E-state index is -0.355. The zero-order valence-corrected chi connectivity index (χ0v) is 12.3. The molecular weight excluding hydrogens is 304 g/mol. The van der Waals surface area contributed by atoms with E-state index in [1.54, 1.807) is 30.3 Å². The Morgan fingerprint density at radius 3 is 2.77 bits per heavy atom. The molecule has 0 radical (unpaired) electrons. The van der Waals surface area contributed by atoms with Crippen LogP contribution in [0.2, 0.25) is 5.02 Å². The first-order valence-corrected chi connectivity index (χ1v) is 7.10. The highest BCUT2D eigenvalue weighted by Crippen LogP contribution is 2.36. The smallest absolute Gasteiger partial charge is 0.271 e. The highest BCUT2D eigenvalue weighted by atomic mass is 35.5. The zero-order chi connectivity index (χ0) is 15.7. The molecule has 0 heterocycles. The van der Waals surface area contributed by atoms with Crippen LogP contribution in [0.1, 0.15) is 27.9 Å². The number of benzene rings is 2. The van der Waals surface area contributed by atoms with Crippen molar-refractivity contribution in [3.8, 4) is 11.5 Å². The van der Waals surface area contributed by atoms with Gasteiger partial charge < -0.3 is 10.2 Å². The second kappa shape index (κ2) is 5.69. The van der Waals surface area contributed by atoms with Crippen molar-refractivity contribution in [2.45, 2.75) is 12.8 Å². The van der Waals surface area contributed by atoms with Gasteiger partial charge in [-0.3, -0.25) is 4.79 Å². The highest BCUT2D eigenvalue weighted by Gasteiger charge is 2.23. The van der Waals surface area contributed by atoms with Gasteiger partial charge in [0.25, 0.3) is 5.91 Å². The number of phenolic OH excluding ortho intramolecular Hbond substituents is 2. The molecule has 0 saturated carbocycles. The van der Waals surface area contributed by atoms with E-state index in [0.717, 1.165) is 5.56 Å². The molecule has 0 aromatic heterocycles. The van der Waals surface area contributed by atoms with Gasteiger partial charge in [0.2, 0.25) is 0 Å². The molecule has 112 valence electrons. The lowest BCUT2D eigenvalue weighted by molar-refractivity contribution is 0.0955. The van der Waals surface area contributed by atoms with Gasteiger partial charge in [0.15, 0.2) is 11.5 Å². The first-order chi connectivity index (χ1) is 10.6. The molecule has 22 heavy (non-hydrogen) atoms. The number of aromatic hydroxyl groups is 2. The molecular formula is C16H13ClN2O3. The largest absolute Gasteiger partial charge is 0.504 e. The van der Waals surface area contributed by atoms with Gasteiger partial charge in [-0.15, -0.1) is 0 Å². The van der Waals surface area contributed by atoms with Gasteiger partial charge in [-0.05, 0) is 43.2 Å². The Labute approximate surface area is 131 Å².